The summed E-state index contributed by atoms with van der Waals surface area (Å²) in [5.74, 6) is 0.510. The Kier molecular flexibility index (Phi) is 7.22. The summed E-state index contributed by atoms with van der Waals surface area (Å²) < 4.78 is 11.1. The Labute approximate surface area is 207 Å². The van der Waals surface area contributed by atoms with Gasteiger partial charge in [0.25, 0.3) is 11.6 Å². The van der Waals surface area contributed by atoms with Gasteiger partial charge in [0.2, 0.25) is 0 Å². The van der Waals surface area contributed by atoms with E-state index in [-0.39, 0.29) is 17.9 Å². The molecule has 0 fully saturated rings. The van der Waals surface area contributed by atoms with Gasteiger partial charge >= 0.3 is 0 Å². The molecule has 0 aromatic heterocycles. The number of amides is 1. The molecular formula is C28H21N3O5. The molecule has 0 saturated carbocycles. The molecule has 0 bridgehead atoms. The van der Waals surface area contributed by atoms with Gasteiger partial charge in [0, 0.05) is 23.4 Å². The summed E-state index contributed by atoms with van der Waals surface area (Å²) in [5.41, 5.74) is 1.55. The standard InChI is InChI=1S/C28H21N3O5/c1-35-24-12-10-22(11-13-24)30-28(32)21(17-29)16-26-25-8-3-2-6-20(25)9-14-27(26)36-18-19-5-4-7-23(15-19)31(33)34/h2-16H,18H2,1H3,(H,30,32)/b21-16+. The lowest BCUT2D eigenvalue weighted by Crippen LogP contribution is -2.13. The van der Waals surface area contributed by atoms with Crippen LogP contribution in [-0.4, -0.2) is 17.9 Å². The molecule has 0 saturated heterocycles. The predicted molar refractivity (Wildman–Crippen MR) is 137 cm³/mol. The number of nitro groups is 1. The van der Waals surface area contributed by atoms with Gasteiger partial charge in [0.15, 0.2) is 0 Å². The highest BCUT2D eigenvalue weighted by Crippen LogP contribution is 2.31. The number of nitriles is 1. The zero-order chi connectivity index (χ0) is 25.5. The molecule has 8 nitrogen and oxygen atoms in total. The molecule has 0 heterocycles. The van der Waals surface area contributed by atoms with Crippen molar-refractivity contribution in [1.29, 1.82) is 5.26 Å². The maximum Gasteiger partial charge on any atom is 0.269 e. The molecule has 0 spiro atoms. The number of hydrogen-bond acceptors (Lipinski definition) is 6. The SMILES string of the molecule is COc1ccc(NC(=O)/C(C#N)=C/c2c(OCc3cccc([N+](=O)[O-])c3)ccc3ccccc23)cc1. The maximum atomic E-state index is 12.9. The molecule has 178 valence electrons. The van der Waals surface area contributed by atoms with E-state index in [4.69, 9.17) is 9.47 Å². The summed E-state index contributed by atoms with van der Waals surface area (Å²) in [4.78, 5) is 23.5. The van der Waals surface area contributed by atoms with E-state index in [1.165, 1.54) is 18.2 Å². The van der Waals surface area contributed by atoms with Crippen LogP contribution in [0.2, 0.25) is 0 Å². The van der Waals surface area contributed by atoms with Gasteiger partial charge in [-0.3, -0.25) is 14.9 Å². The summed E-state index contributed by atoms with van der Waals surface area (Å²) in [6.45, 7) is 0.0702. The number of hydrogen-bond donors (Lipinski definition) is 1. The number of carbonyl (C=O) groups excluding carboxylic acids is 1. The molecule has 4 aromatic rings. The third-order valence-corrected chi connectivity index (χ3v) is 5.45. The van der Waals surface area contributed by atoms with Crippen molar-refractivity contribution < 1.29 is 19.2 Å². The molecule has 0 aliphatic heterocycles. The highest BCUT2D eigenvalue weighted by atomic mass is 16.6. The highest BCUT2D eigenvalue weighted by molar-refractivity contribution is 6.11. The van der Waals surface area contributed by atoms with Crippen LogP contribution in [0, 0.1) is 21.4 Å². The van der Waals surface area contributed by atoms with E-state index in [1.54, 1.807) is 49.6 Å². The minimum atomic E-state index is -0.569. The monoisotopic (exact) mass is 479 g/mol. The number of methoxy groups -OCH3 is 1. The number of nitro benzene ring substituents is 1. The molecule has 4 rings (SSSR count). The van der Waals surface area contributed by atoms with Crippen LogP contribution in [0.3, 0.4) is 0 Å². The molecule has 36 heavy (non-hydrogen) atoms. The zero-order valence-electron chi connectivity index (χ0n) is 19.3. The molecule has 1 N–H and O–H groups in total. The third kappa shape index (κ3) is 5.48. The number of carbonyl (C=O) groups is 1. The lowest BCUT2D eigenvalue weighted by Gasteiger charge is -2.13. The van der Waals surface area contributed by atoms with E-state index in [1.807, 2.05) is 36.4 Å². The molecule has 0 radical (unpaired) electrons. The van der Waals surface area contributed by atoms with Crippen LogP contribution in [0.1, 0.15) is 11.1 Å². The van der Waals surface area contributed by atoms with Crippen molar-refractivity contribution in [3.8, 4) is 17.6 Å². The van der Waals surface area contributed by atoms with Crippen LogP contribution < -0.4 is 14.8 Å². The van der Waals surface area contributed by atoms with Crippen LogP contribution in [0.5, 0.6) is 11.5 Å². The molecule has 0 atom stereocenters. The molecule has 8 heteroatoms. The third-order valence-electron chi connectivity index (χ3n) is 5.45. The van der Waals surface area contributed by atoms with E-state index >= 15 is 0 Å². The van der Waals surface area contributed by atoms with Crippen molar-refractivity contribution >= 4 is 34.1 Å². The Morgan fingerprint density at radius 3 is 2.56 bits per heavy atom. The average molecular weight is 479 g/mol. The van der Waals surface area contributed by atoms with E-state index in [2.05, 4.69) is 5.32 Å². The number of anilines is 1. The van der Waals surface area contributed by atoms with Crippen molar-refractivity contribution in [1.82, 2.24) is 0 Å². The first-order valence-corrected chi connectivity index (χ1v) is 10.9. The van der Waals surface area contributed by atoms with Crippen LogP contribution in [0.15, 0.2) is 90.5 Å². The zero-order valence-corrected chi connectivity index (χ0v) is 19.3. The lowest BCUT2D eigenvalue weighted by molar-refractivity contribution is -0.384. The summed E-state index contributed by atoms with van der Waals surface area (Å²) in [6, 6.07) is 26.1. The predicted octanol–water partition coefficient (Wildman–Crippen LogP) is 5.88. The van der Waals surface area contributed by atoms with Crippen molar-refractivity contribution in [2.75, 3.05) is 12.4 Å². The van der Waals surface area contributed by atoms with Crippen LogP contribution in [0.25, 0.3) is 16.8 Å². The Balaban J connectivity index is 1.67. The van der Waals surface area contributed by atoms with Gasteiger partial charge in [-0.25, -0.2) is 0 Å². The largest absolute Gasteiger partial charge is 0.497 e. The van der Waals surface area contributed by atoms with Gasteiger partial charge in [-0.05, 0) is 52.7 Å². The first-order valence-electron chi connectivity index (χ1n) is 10.9. The number of ether oxygens (including phenoxy) is 2. The fourth-order valence-corrected chi connectivity index (χ4v) is 3.64. The second-order valence-electron chi connectivity index (χ2n) is 7.77. The fourth-order valence-electron chi connectivity index (χ4n) is 3.64. The molecule has 0 unspecified atom stereocenters. The first kappa shape index (κ1) is 24.0. The first-order chi connectivity index (χ1) is 17.5. The molecule has 4 aromatic carbocycles. The van der Waals surface area contributed by atoms with Gasteiger partial charge in [0.1, 0.15) is 29.7 Å². The number of non-ortho nitro benzene ring substituents is 1. The second-order valence-corrected chi connectivity index (χ2v) is 7.77. The Morgan fingerprint density at radius 1 is 1.06 bits per heavy atom. The van der Waals surface area contributed by atoms with Gasteiger partial charge in [-0.2, -0.15) is 5.26 Å². The maximum absolute atomic E-state index is 12.9. The second kappa shape index (κ2) is 10.8. The van der Waals surface area contributed by atoms with Crippen molar-refractivity contribution in [2.24, 2.45) is 0 Å². The molecule has 0 aliphatic carbocycles. The summed E-state index contributed by atoms with van der Waals surface area (Å²) >= 11 is 0. The van der Waals surface area contributed by atoms with Gasteiger partial charge in [-0.15, -0.1) is 0 Å². The summed E-state index contributed by atoms with van der Waals surface area (Å²) in [6.07, 6.45) is 1.49. The highest BCUT2D eigenvalue weighted by Gasteiger charge is 2.15. The van der Waals surface area contributed by atoms with Gasteiger partial charge in [0.05, 0.1) is 12.0 Å². The van der Waals surface area contributed by atoms with Crippen molar-refractivity contribution in [3.63, 3.8) is 0 Å². The van der Waals surface area contributed by atoms with E-state index < -0.39 is 10.8 Å². The van der Waals surface area contributed by atoms with Gasteiger partial charge < -0.3 is 14.8 Å². The Morgan fingerprint density at radius 2 is 1.83 bits per heavy atom. The lowest BCUT2D eigenvalue weighted by atomic mass is 10.0. The topological polar surface area (TPSA) is 114 Å². The summed E-state index contributed by atoms with van der Waals surface area (Å²) in [7, 11) is 1.55. The quantitative estimate of drug-likeness (QED) is 0.146. The van der Waals surface area contributed by atoms with E-state index in [0.29, 0.717) is 28.3 Å². The van der Waals surface area contributed by atoms with Crippen molar-refractivity contribution in [2.45, 2.75) is 6.61 Å². The van der Waals surface area contributed by atoms with E-state index in [0.717, 1.165) is 10.8 Å². The Bertz CT molecular complexity index is 1500. The Hall–Kier alpha value is -5.16. The minimum Gasteiger partial charge on any atom is -0.497 e. The number of nitrogens with one attached hydrogen (secondary N) is 1. The normalized spacial score (nSPS) is 10.9. The van der Waals surface area contributed by atoms with Crippen molar-refractivity contribution in [3.05, 3.63) is 112 Å². The fraction of sp³-hybridized carbons (Fsp3) is 0.0714. The van der Waals surface area contributed by atoms with Crippen LogP contribution in [-0.2, 0) is 11.4 Å². The number of fused-ring (bicyclic) bond motifs is 1. The molecule has 1 amide bonds. The minimum absolute atomic E-state index is 0.0308. The van der Waals surface area contributed by atoms with Crippen LogP contribution >= 0.6 is 0 Å². The average Bonchev–Trinajstić information content (AvgIpc) is 2.91. The number of benzene rings is 4. The molecular weight excluding hydrogens is 458 g/mol. The van der Waals surface area contributed by atoms with Crippen LogP contribution in [0.4, 0.5) is 11.4 Å². The molecule has 0 aliphatic rings. The number of rotatable bonds is 8. The smallest absolute Gasteiger partial charge is 0.269 e. The van der Waals surface area contributed by atoms with E-state index in [9.17, 15) is 20.2 Å². The van der Waals surface area contributed by atoms with Gasteiger partial charge in [-0.1, -0.05) is 42.5 Å². The number of nitrogens with zero attached hydrogens (tertiary/aromatic N) is 2. The summed E-state index contributed by atoms with van der Waals surface area (Å²) in [5, 5.41) is 25.3.